The van der Waals surface area contributed by atoms with E-state index < -0.39 is 5.97 Å². The Balaban J connectivity index is 1.61. The van der Waals surface area contributed by atoms with Gasteiger partial charge in [0.1, 0.15) is 17.6 Å². The van der Waals surface area contributed by atoms with Crippen LogP contribution in [0.4, 0.5) is 4.79 Å². The number of fused-ring (bicyclic) bond motifs is 1. The summed E-state index contributed by atoms with van der Waals surface area (Å²) in [5, 5.41) is 12.0. The van der Waals surface area contributed by atoms with Crippen LogP contribution in [0, 0.1) is 5.92 Å². The average Bonchev–Trinajstić information content (AvgIpc) is 2.98. The van der Waals surface area contributed by atoms with E-state index in [0.717, 1.165) is 29.0 Å². The summed E-state index contributed by atoms with van der Waals surface area (Å²) in [6.45, 7) is 5.79. The van der Waals surface area contributed by atoms with Gasteiger partial charge in [0.25, 0.3) is 0 Å². The summed E-state index contributed by atoms with van der Waals surface area (Å²) in [7, 11) is 0. The van der Waals surface area contributed by atoms with E-state index in [0.29, 0.717) is 39.1 Å². The van der Waals surface area contributed by atoms with E-state index in [9.17, 15) is 9.59 Å². The molecule has 0 radical (unpaired) electrons. The van der Waals surface area contributed by atoms with Crippen molar-refractivity contribution in [3.05, 3.63) is 23.3 Å². The predicted octanol–water partition coefficient (Wildman–Crippen LogP) is 2.41. The highest BCUT2D eigenvalue weighted by Crippen LogP contribution is 2.35. The van der Waals surface area contributed by atoms with Gasteiger partial charge in [-0.3, -0.25) is 4.79 Å². The molecule has 2 heterocycles. The van der Waals surface area contributed by atoms with Crippen molar-refractivity contribution < 1.29 is 24.2 Å². The Bertz CT molecular complexity index is 683. The molecule has 1 unspecified atom stereocenters. The van der Waals surface area contributed by atoms with Crippen LogP contribution in [0.3, 0.4) is 0 Å². The number of amides is 2. The molecule has 0 aliphatic carbocycles. The fraction of sp³-hybridized carbons (Fsp3) is 0.579. The molecule has 1 fully saturated rings. The Labute approximate surface area is 153 Å². The molecule has 2 aliphatic rings. The summed E-state index contributed by atoms with van der Waals surface area (Å²) in [4.78, 5) is 25.1. The number of carbonyl (C=O) groups excluding carboxylic acids is 1. The van der Waals surface area contributed by atoms with Gasteiger partial charge >= 0.3 is 12.0 Å². The summed E-state index contributed by atoms with van der Waals surface area (Å²) >= 11 is 0. The normalized spacial score (nSPS) is 19.6. The fourth-order valence-electron chi connectivity index (χ4n) is 3.52. The summed E-state index contributed by atoms with van der Waals surface area (Å²) in [5.74, 6) is 0.500. The molecule has 26 heavy (non-hydrogen) atoms. The van der Waals surface area contributed by atoms with Crippen LogP contribution >= 0.6 is 0 Å². The van der Waals surface area contributed by atoms with Gasteiger partial charge in [0.2, 0.25) is 0 Å². The van der Waals surface area contributed by atoms with Crippen molar-refractivity contribution in [2.24, 2.45) is 5.92 Å². The number of hydrogen-bond donors (Lipinski definition) is 2. The summed E-state index contributed by atoms with van der Waals surface area (Å²) in [5.41, 5.74) is 2.01. The van der Waals surface area contributed by atoms with Gasteiger partial charge in [-0.15, -0.1) is 0 Å². The van der Waals surface area contributed by atoms with Crippen LogP contribution in [0.25, 0.3) is 0 Å². The molecule has 1 aromatic carbocycles. The zero-order chi connectivity index (χ0) is 18.7. The van der Waals surface area contributed by atoms with Gasteiger partial charge < -0.3 is 24.8 Å². The smallest absolute Gasteiger partial charge is 0.317 e. The summed E-state index contributed by atoms with van der Waals surface area (Å²) in [6, 6.07) is 3.77. The first-order chi connectivity index (χ1) is 12.5. The lowest BCUT2D eigenvalue weighted by atomic mass is 9.97. The second-order valence-electron chi connectivity index (χ2n) is 6.89. The third kappa shape index (κ3) is 4.03. The number of nitrogens with one attached hydrogen (secondary N) is 1. The molecular formula is C19H26N2O5. The number of aliphatic carboxylic acids is 1. The molecule has 7 heteroatoms. The molecule has 2 aliphatic heterocycles. The highest BCUT2D eigenvalue weighted by Gasteiger charge is 2.27. The maximum absolute atomic E-state index is 12.4. The Hall–Kier alpha value is -2.44. The first-order valence-corrected chi connectivity index (χ1v) is 9.18. The van der Waals surface area contributed by atoms with Gasteiger partial charge in [0, 0.05) is 37.2 Å². The molecule has 2 N–H and O–H groups in total. The lowest BCUT2D eigenvalue weighted by Gasteiger charge is -2.30. The first kappa shape index (κ1) is 18.4. The van der Waals surface area contributed by atoms with Crippen LogP contribution in [0.15, 0.2) is 12.1 Å². The van der Waals surface area contributed by atoms with E-state index in [1.165, 1.54) is 0 Å². The number of hydrogen-bond acceptors (Lipinski definition) is 4. The lowest BCUT2D eigenvalue weighted by molar-refractivity contribution is -0.143. The van der Waals surface area contributed by atoms with Crippen molar-refractivity contribution in [1.82, 2.24) is 10.2 Å². The largest absolute Gasteiger partial charge is 0.494 e. The van der Waals surface area contributed by atoms with Gasteiger partial charge in [-0.25, -0.2) is 4.79 Å². The minimum Gasteiger partial charge on any atom is -0.494 e. The molecule has 1 saturated heterocycles. The number of carboxylic acids is 1. The summed E-state index contributed by atoms with van der Waals surface area (Å²) < 4.78 is 11.5. The van der Waals surface area contributed by atoms with Crippen LogP contribution in [0.2, 0.25) is 0 Å². The molecule has 142 valence electrons. The standard InChI is InChI=1S/C19H26N2O5/c1-3-25-16-9-14-8-12(2)26-17(14)10-15(16)11-20-19(24)21-6-4-13(5-7-21)18(22)23/h9-10,12-13H,3-8,11H2,1-2H3,(H,20,24)(H,22,23). The number of nitrogens with zero attached hydrogens (tertiary/aromatic N) is 1. The number of urea groups is 1. The maximum Gasteiger partial charge on any atom is 0.317 e. The van der Waals surface area contributed by atoms with Crippen molar-refractivity contribution in [2.75, 3.05) is 19.7 Å². The maximum atomic E-state index is 12.4. The number of piperidine rings is 1. The highest BCUT2D eigenvalue weighted by atomic mass is 16.5. The van der Waals surface area contributed by atoms with E-state index >= 15 is 0 Å². The monoisotopic (exact) mass is 362 g/mol. The second kappa shape index (κ2) is 7.85. The Kier molecular flexibility index (Phi) is 5.54. The minimum atomic E-state index is -0.779. The van der Waals surface area contributed by atoms with E-state index in [4.69, 9.17) is 14.6 Å². The van der Waals surface area contributed by atoms with Crippen molar-refractivity contribution in [2.45, 2.75) is 45.8 Å². The zero-order valence-electron chi connectivity index (χ0n) is 15.3. The van der Waals surface area contributed by atoms with Crippen LogP contribution in [0.1, 0.15) is 37.8 Å². The number of benzene rings is 1. The number of likely N-dealkylation sites (tertiary alicyclic amines) is 1. The number of ether oxygens (including phenoxy) is 2. The van der Waals surface area contributed by atoms with E-state index in [1.807, 2.05) is 26.0 Å². The van der Waals surface area contributed by atoms with Crippen molar-refractivity contribution in [3.8, 4) is 11.5 Å². The van der Waals surface area contributed by atoms with Gasteiger partial charge in [-0.1, -0.05) is 0 Å². The van der Waals surface area contributed by atoms with Crippen molar-refractivity contribution in [3.63, 3.8) is 0 Å². The molecule has 0 bridgehead atoms. The van der Waals surface area contributed by atoms with Gasteiger partial charge in [0.05, 0.1) is 12.5 Å². The van der Waals surface area contributed by atoms with Gasteiger partial charge in [0.15, 0.2) is 0 Å². The number of carbonyl (C=O) groups is 2. The predicted molar refractivity (Wildman–Crippen MR) is 95.6 cm³/mol. The molecule has 3 rings (SSSR count). The second-order valence-corrected chi connectivity index (χ2v) is 6.89. The molecule has 1 aromatic rings. The average molecular weight is 362 g/mol. The molecule has 0 spiro atoms. The van der Waals surface area contributed by atoms with Gasteiger partial charge in [-0.05, 0) is 38.8 Å². The molecular weight excluding hydrogens is 336 g/mol. The van der Waals surface area contributed by atoms with Crippen molar-refractivity contribution in [1.29, 1.82) is 0 Å². The molecule has 0 aromatic heterocycles. The topological polar surface area (TPSA) is 88.1 Å². The zero-order valence-corrected chi connectivity index (χ0v) is 15.3. The Morgan fingerprint density at radius 1 is 1.35 bits per heavy atom. The SMILES string of the molecule is CCOc1cc2c(cc1CNC(=O)N1CCC(C(=O)O)CC1)OC(C)C2. The Morgan fingerprint density at radius 2 is 2.08 bits per heavy atom. The molecule has 1 atom stereocenters. The van der Waals surface area contributed by atoms with E-state index in [1.54, 1.807) is 4.90 Å². The lowest BCUT2D eigenvalue weighted by Crippen LogP contribution is -2.45. The van der Waals surface area contributed by atoms with E-state index in [2.05, 4.69) is 5.32 Å². The number of rotatable bonds is 5. The number of carboxylic acid groups (broad SMARTS) is 1. The van der Waals surface area contributed by atoms with Gasteiger partial charge in [-0.2, -0.15) is 0 Å². The third-order valence-corrected chi connectivity index (χ3v) is 4.94. The quantitative estimate of drug-likeness (QED) is 0.840. The Morgan fingerprint density at radius 3 is 2.73 bits per heavy atom. The van der Waals surface area contributed by atoms with E-state index in [-0.39, 0.29) is 18.1 Å². The van der Waals surface area contributed by atoms with Crippen LogP contribution in [-0.2, 0) is 17.8 Å². The minimum absolute atomic E-state index is 0.153. The summed E-state index contributed by atoms with van der Waals surface area (Å²) in [6.07, 6.45) is 2.01. The molecule has 0 saturated carbocycles. The highest BCUT2D eigenvalue weighted by molar-refractivity contribution is 5.75. The molecule has 2 amide bonds. The van der Waals surface area contributed by atoms with Crippen LogP contribution < -0.4 is 14.8 Å². The van der Waals surface area contributed by atoms with Crippen LogP contribution in [-0.4, -0.2) is 47.8 Å². The van der Waals surface area contributed by atoms with Crippen molar-refractivity contribution >= 4 is 12.0 Å². The molecule has 7 nitrogen and oxygen atoms in total. The first-order valence-electron chi connectivity index (χ1n) is 9.18. The van der Waals surface area contributed by atoms with Crippen LogP contribution in [0.5, 0.6) is 11.5 Å². The fourth-order valence-corrected chi connectivity index (χ4v) is 3.52. The third-order valence-electron chi connectivity index (χ3n) is 4.94.